The van der Waals surface area contributed by atoms with Gasteiger partial charge in [-0.05, 0) is 36.4 Å². The third kappa shape index (κ3) is 8.03. The van der Waals surface area contributed by atoms with Crippen molar-refractivity contribution in [2.24, 2.45) is 0 Å². The lowest BCUT2D eigenvalue weighted by Gasteiger charge is -2.35. The molecule has 1 fully saturated rings. The number of rotatable bonds is 10. The van der Waals surface area contributed by atoms with Crippen LogP contribution in [0.1, 0.15) is 6.92 Å². The highest BCUT2D eigenvalue weighted by Gasteiger charge is 2.19. The number of halogens is 1. The monoisotopic (exact) mass is 447 g/mol. The van der Waals surface area contributed by atoms with Crippen LogP contribution in [-0.4, -0.2) is 79.4 Å². The first kappa shape index (κ1) is 23.3. The molecule has 1 saturated heterocycles. The molecule has 0 saturated carbocycles. The summed E-state index contributed by atoms with van der Waals surface area (Å²) in [7, 11) is 0. The van der Waals surface area contributed by atoms with E-state index in [0.717, 1.165) is 44.2 Å². The highest BCUT2D eigenvalue weighted by Crippen LogP contribution is 2.23. The van der Waals surface area contributed by atoms with Gasteiger partial charge in [-0.3, -0.25) is 14.6 Å². The molecule has 2 aromatic rings. The first-order valence-electron chi connectivity index (χ1n) is 10.5. The number of aliphatic hydroxyl groups is 1. The number of anilines is 1. The molecule has 2 aromatic carbocycles. The Balaban J connectivity index is 1.30. The van der Waals surface area contributed by atoms with Gasteiger partial charge in [0.05, 0.1) is 5.02 Å². The molecular weight excluding hydrogens is 418 g/mol. The van der Waals surface area contributed by atoms with Gasteiger partial charge in [0.1, 0.15) is 30.8 Å². The molecule has 2 N–H and O–H groups in total. The maximum absolute atomic E-state index is 11.1. The van der Waals surface area contributed by atoms with Crippen LogP contribution in [0.2, 0.25) is 5.02 Å². The number of β-amino-alcohol motifs (C(OH)–C–C–N with tert-alkyl or cyclic N) is 1. The minimum Gasteiger partial charge on any atom is -0.491 e. The zero-order valence-corrected chi connectivity index (χ0v) is 18.6. The first-order chi connectivity index (χ1) is 15.0. The number of carbonyl (C=O) groups excluding carboxylic acids is 1. The van der Waals surface area contributed by atoms with E-state index in [1.807, 2.05) is 24.3 Å². The van der Waals surface area contributed by atoms with Crippen LogP contribution in [0.3, 0.4) is 0 Å². The molecule has 0 aromatic heterocycles. The number of nitrogens with zero attached hydrogens (tertiary/aromatic N) is 2. The van der Waals surface area contributed by atoms with Crippen LogP contribution in [0.25, 0.3) is 0 Å². The van der Waals surface area contributed by atoms with Crippen molar-refractivity contribution in [1.82, 2.24) is 9.80 Å². The Morgan fingerprint density at radius 2 is 1.74 bits per heavy atom. The summed E-state index contributed by atoms with van der Waals surface area (Å²) in [6, 6.07) is 14.6. The number of para-hydroxylation sites is 1. The third-order valence-electron chi connectivity index (χ3n) is 5.05. The molecule has 0 aliphatic carbocycles. The lowest BCUT2D eigenvalue weighted by molar-refractivity contribution is -0.114. The van der Waals surface area contributed by atoms with E-state index < -0.39 is 6.10 Å². The van der Waals surface area contributed by atoms with Crippen molar-refractivity contribution in [1.29, 1.82) is 0 Å². The van der Waals surface area contributed by atoms with Gasteiger partial charge in [0.25, 0.3) is 0 Å². The second kappa shape index (κ2) is 11.9. The fourth-order valence-corrected chi connectivity index (χ4v) is 3.61. The highest BCUT2D eigenvalue weighted by atomic mass is 35.5. The Kier molecular flexibility index (Phi) is 8.97. The van der Waals surface area contributed by atoms with E-state index in [-0.39, 0.29) is 12.5 Å². The lowest BCUT2D eigenvalue weighted by atomic mass is 10.2. The lowest BCUT2D eigenvalue weighted by Crippen LogP contribution is -2.50. The Morgan fingerprint density at radius 3 is 2.42 bits per heavy atom. The molecule has 0 bridgehead atoms. The summed E-state index contributed by atoms with van der Waals surface area (Å²) in [6.07, 6.45) is -0.565. The predicted molar refractivity (Wildman–Crippen MR) is 122 cm³/mol. The van der Waals surface area contributed by atoms with Gasteiger partial charge in [0.15, 0.2) is 0 Å². The summed E-state index contributed by atoms with van der Waals surface area (Å²) in [5, 5.41) is 13.7. The molecule has 1 unspecified atom stereocenters. The molecule has 3 rings (SSSR count). The maximum Gasteiger partial charge on any atom is 0.221 e. The van der Waals surface area contributed by atoms with Crippen LogP contribution >= 0.6 is 11.6 Å². The van der Waals surface area contributed by atoms with Gasteiger partial charge in [-0.25, -0.2) is 0 Å². The number of nitrogens with one attached hydrogen (secondary N) is 1. The largest absolute Gasteiger partial charge is 0.491 e. The van der Waals surface area contributed by atoms with Crippen molar-refractivity contribution in [3.05, 3.63) is 53.6 Å². The van der Waals surface area contributed by atoms with Crippen molar-refractivity contribution in [3.8, 4) is 11.5 Å². The second-order valence-corrected chi connectivity index (χ2v) is 8.00. The number of carbonyl (C=O) groups is 1. The molecule has 0 spiro atoms. The minimum atomic E-state index is -0.565. The summed E-state index contributed by atoms with van der Waals surface area (Å²) < 4.78 is 11.4. The maximum atomic E-state index is 11.1. The number of piperazine rings is 1. The van der Waals surface area contributed by atoms with Crippen LogP contribution in [-0.2, 0) is 4.79 Å². The zero-order chi connectivity index (χ0) is 22.1. The van der Waals surface area contributed by atoms with Crippen LogP contribution in [0.15, 0.2) is 48.5 Å². The summed E-state index contributed by atoms with van der Waals surface area (Å²) in [4.78, 5) is 15.7. The number of amides is 1. The van der Waals surface area contributed by atoms with Crippen molar-refractivity contribution >= 4 is 23.2 Å². The number of ether oxygens (including phenoxy) is 2. The van der Waals surface area contributed by atoms with Gasteiger partial charge in [-0.15, -0.1) is 0 Å². The standard InChI is InChI=1S/C23H30ClN3O4/c1-18(28)25-19-6-8-21(9-7-19)31-17-20(29)16-27-12-10-26(11-13-27)14-15-30-23-5-3-2-4-22(23)24/h2-9,20,29H,10-17H2,1H3,(H,25,28). The summed E-state index contributed by atoms with van der Waals surface area (Å²) in [5.41, 5.74) is 0.718. The Morgan fingerprint density at radius 1 is 1.06 bits per heavy atom. The summed E-state index contributed by atoms with van der Waals surface area (Å²) in [6.45, 7) is 7.38. The van der Waals surface area contributed by atoms with E-state index in [1.165, 1.54) is 6.92 Å². The average molecular weight is 448 g/mol. The van der Waals surface area contributed by atoms with Crippen molar-refractivity contribution in [2.75, 3.05) is 57.8 Å². The quantitative estimate of drug-likeness (QED) is 0.583. The van der Waals surface area contributed by atoms with Crippen LogP contribution in [0.5, 0.6) is 11.5 Å². The average Bonchev–Trinajstić information content (AvgIpc) is 2.75. The second-order valence-electron chi connectivity index (χ2n) is 7.59. The fourth-order valence-electron chi connectivity index (χ4n) is 3.42. The first-order valence-corrected chi connectivity index (χ1v) is 10.9. The molecule has 31 heavy (non-hydrogen) atoms. The topological polar surface area (TPSA) is 74.3 Å². The molecule has 1 heterocycles. The fraction of sp³-hybridized carbons (Fsp3) is 0.435. The van der Waals surface area contributed by atoms with E-state index in [4.69, 9.17) is 21.1 Å². The highest BCUT2D eigenvalue weighted by molar-refractivity contribution is 6.32. The predicted octanol–water partition coefficient (Wildman–Crippen LogP) is 2.73. The number of hydrogen-bond acceptors (Lipinski definition) is 6. The van der Waals surface area contributed by atoms with Gasteiger partial charge in [0, 0.05) is 51.9 Å². The van der Waals surface area contributed by atoms with Crippen LogP contribution in [0.4, 0.5) is 5.69 Å². The summed E-state index contributed by atoms with van der Waals surface area (Å²) in [5.74, 6) is 1.27. The molecule has 7 nitrogen and oxygen atoms in total. The zero-order valence-electron chi connectivity index (χ0n) is 17.8. The molecule has 168 valence electrons. The van der Waals surface area contributed by atoms with Crippen LogP contribution in [0, 0.1) is 0 Å². The molecule has 1 amide bonds. The Bertz CT molecular complexity index is 826. The van der Waals surface area contributed by atoms with Gasteiger partial charge >= 0.3 is 0 Å². The molecule has 1 aliphatic rings. The number of aliphatic hydroxyl groups excluding tert-OH is 1. The molecule has 1 aliphatic heterocycles. The number of benzene rings is 2. The molecule has 0 radical (unpaired) electrons. The third-order valence-corrected chi connectivity index (χ3v) is 5.36. The van der Waals surface area contributed by atoms with E-state index in [2.05, 4.69) is 15.1 Å². The van der Waals surface area contributed by atoms with Gasteiger partial charge in [-0.2, -0.15) is 0 Å². The van der Waals surface area contributed by atoms with Crippen molar-refractivity contribution in [2.45, 2.75) is 13.0 Å². The van der Waals surface area contributed by atoms with E-state index in [1.54, 1.807) is 24.3 Å². The SMILES string of the molecule is CC(=O)Nc1ccc(OCC(O)CN2CCN(CCOc3ccccc3Cl)CC2)cc1. The Hall–Kier alpha value is -2.32. The van der Waals surface area contributed by atoms with Gasteiger partial charge in [0.2, 0.25) is 5.91 Å². The normalized spacial score (nSPS) is 16.0. The Labute approximate surface area is 188 Å². The smallest absolute Gasteiger partial charge is 0.221 e. The van der Waals surface area contributed by atoms with Crippen molar-refractivity contribution in [3.63, 3.8) is 0 Å². The molecule has 8 heteroatoms. The van der Waals surface area contributed by atoms with Crippen molar-refractivity contribution < 1.29 is 19.4 Å². The van der Waals surface area contributed by atoms with E-state index in [0.29, 0.717) is 23.9 Å². The van der Waals surface area contributed by atoms with E-state index >= 15 is 0 Å². The molecular formula is C23H30ClN3O4. The molecule has 1 atom stereocenters. The van der Waals surface area contributed by atoms with Crippen LogP contribution < -0.4 is 14.8 Å². The van der Waals surface area contributed by atoms with E-state index in [9.17, 15) is 9.90 Å². The van der Waals surface area contributed by atoms with Gasteiger partial charge < -0.3 is 19.9 Å². The number of hydrogen-bond donors (Lipinski definition) is 2. The van der Waals surface area contributed by atoms with Gasteiger partial charge in [-0.1, -0.05) is 23.7 Å². The summed E-state index contributed by atoms with van der Waals surface area (Å²) >= 11 is 6.11. The minimum absolute atomic E-state index is 0.114.